The van der Waals surface area contributed by atoms with Crippen LogP contribution in [-0.4, -0.2) is 55.6 Å². The van der Waals surface area contributed by atoms with Gasteiger partial charge >= 0.3 is 0 Å². The highest BCUT2D eigenvalue weighted by molar-refractivity contribution is 7.99. The number of pyridine rings is 2. The van der Waals surface area contributed by atoms with Crippen LogP contribution in [0.2, 0.25) is 0 Å². The molecule has 0 unspecified atom stereocenters. The number of rotatable bonds is 6. The average Bonchev–Trinajstić information content (AvgIpc) is 2.83. The van der Waals surface area contributed by atoms with Crippen molar-refractivity contribution in [1.29, 1.82) is 5.26 Å². The van der Waals surface area contributed by atoms with Crippen LogP contribution in [0.4, 0.5) is 17.5 Å². The minimum atomic E-state index is -3.63. The number of hydrogen-bond donors (Lipinski definition) is 2. The van der Waals surface area contributed by atoms with Crippen LogP contribution in [0.25, 0.3) is 10.8 Å². The van der Waals surface area contributed by atoms with Crippen LogP contribution < -0.4 is 26.5 Å². The van der Waals surface area contributed by atoms with E-state index in [1.165, 1.54) is 4.31 Å². The maximum Gasteiger partial charge on any atom is 0.282 e. The Morgan fingerprint density at radius 3 is 2.50 bits per heavy atom. The van der Waals surface area contributed by atoms with Crippen LogP contribution in [0.15, 0.2) is 46.3 Å². The third kappa shape index (κ3) is 4.43. The summed E-state index contributed by atoms with van der Waals surface area (Å²) in [5, 5.41) is 22.0. The molecule has 1 saturated heterocycles. The fourth-order valence-corrected chi connectivity index (χ4v) is 5.93. The van der Waals surface area contributed by atoms with Crippen LogP contribution in [0.1, 0.15) is 5.56 Å². The molecule has 0 aliphatic carbocycles. The van der Waals surface area contributed by atoms with Crippen LogP contribution in [0.5, 0.6) is 0 Å². The van der Waals surface area contributed by atoms with Gasteiger partial charge in [0.1, 0.15) is 28.7 Å². The number of aromatic amines is 1. The Balaban J connectivity index is 1.66. The lowest BCUT2D eigenvalue weighted by Gasteiger charge is -2.35. The first-order valence-corrected chi connectivity index (χ1v) is 12.6. The summed E-state index contributed by atoms with van der Waals surface area (Å²) in [7, 11) is -3.63. The highest BCUT2D eigenvalue weighted by atomic mass is 32.2. The maximum absolute atomic E-state index is 12.9. The van der Waals surface area contributed by atoms with Gasteiger partial charge in [-0.05, 0) is 12.1 Å². The first-order valence-electron chi connectivity index (χ1n) is 10.2. The monoisotopic (exact) mass is 499 g/mol. The molecule has 1 aromatic carbocycles. The summed E-state index contributed by atoms with van der Waals surface area (Å²) in [6.07, 6.45) is 0. The number of anilines is 3. The van der Waals surface area contributed by atoms with E-state index in [0.29, 0.717) is 34.7 Å². The molecule has 11 nitrogen and oxygen atoms in total. The predicted molar refractivity (Wildman–Crippen MR) is 125 cm³/mol. The zero-order valence-electron chi connectivity index (χ0n) is 17.9. The van der Waals surface area contributed by atoms with Crippen molar-refractivity contribution in [2.75, 3.05) is 48.3 Å². The number of nitrogens with one attached hydrogen (secondary N) is 1. The van der Waals surface area contributed by atoms with Gasteiger partial charge in [-0.3, -0.25) is 5.73 Å². The Morgan fingerprint density at radius 2 is 1.88 bits per heavy atom. The zero-order valence-corrected chi connectivity index (χ0v) is 19.5. The SMILES string of the molecule is N#Cc1c(N2CCN(S(=O)(=O)c3ccccc3)CC2)nc(N)c2c(N)[nH+]c(SCC(=O)[O-])cc12. The lowest BCUT2D eigenvalue weighted by atomic mass is 10.1. The van der Waals surface area contributed by atoms with E-state index in [1.54, 1.807) is 36.4 Å². The minimum absolute atomic E-state index is 0.105. The molecule has 0 spiro atoms. The Bertz CT molecular complexity index is 1400. The van der Waals surface area contributed by atoms with Gasteiger partial charge in [-0.25, -0.2) is 18.4 Å². The molecule has 2 aromatic heterocycles. The van der Waals surface area contributed by atoms with Crippen LogP contribution in [-0.2, 0) is 14.8 Å². The van der Waals surface area contributed by atoms with Crippen LogP contribution in [0.3, 0.4) is 0 Å². The number of aromatic nitrogens is 2. The standard InChI is InChI=1S/C21H21N7O4S2/c22-11-15-14-10-16(33-12-17(29)30)25-19(23)18(14)20(24)26-21(15)27-6-8-28(9-7-27)34(31,32)13-4-2-1-3-5-13/h1-5,10H,6-9,12H2,(H2,23,25)(H2,24,26)(H,29,30). The van der Waals surface area contributed by atoms with Crippen molar-refractivity contribution in [3.63, 3.8) is 0 Å². The number of aliphatic carboxylic acids is 1. The van der Waals surface area contributed by atoms with Gasteiger partial charge in [0.2, 0.25) is 10.0 Å². The highest BCUT2D eigenvalue weighted by Gasteiger charge is 2.31. The molecule has 13 heteroatoms. The van der Waals surface area contributed by atoms with E-state index in [4.69, 9.17) is 11.5 Å². The minimum Gasteiger partial charge on any atom is -0.549 e. The van der Waals surface area contributed by atoms with Gasteiger partial charge in [0.25, 0.3) is 5.82 Å². The average molecular weight is 500 g/mol. The molecular formula is C21H21N7O4S2. The number of nitriles is 1. The number of H-pyrrole nitrogens is 1. The van der Waals surface area contributed by atoms with Crippen molar-refractivity contribution in [2.45, 2.75) is 9.92 Å². The normalized spacial score (nSPS) is 14.7. The smallest absolute Gasteiger partial charge is 0.282 e. The summed E-state index contributed by atoms with van der Waals surface area (Å²) < 4.78 is 27.2. The molecule has 0 radical (unpaired) electrons. The number of thioether (sulfide) groups is 1. The molecule has 3 heterocycles. The molecule has 0 saturated carbocycles. The number of carboxylic acids is 1. The number of piperazine rings is 1. The molecular weight excluding hydrogens is 478 g/mol. The summed E-state index contributed by atoms with van der Waals surface area (Å²) in [6, 6.07) is 12.0. The third-order valence-corrected chi connectivity index (χ3v) is 8.25. The molecule has 1 aliphatic heterocycles. The molecule has 4 rings (SSSR count). The number of carbonyl (C=O) groups is 1. The summed E-state index contributed by atoms with van der Waals surface area (Å²) in [5.41, 5.74) is 12.5. The number of carbonyl (C=O) groups excluding carboxylic acids is 1. The molecule has 0 atom stereocenters. The Hall–Kier alpha value is -3.60. The van der Waals surface area contributed by atoms with Crippen LogP contribution in [0, 0.1) is 11.3 Å². The number of sulfonamides is 1. The summed E-state index contributed by atoms with van der Waals surface area (Å²) in [6.45, 7) is 1.02. The van der Waals surface area contributed by atoms with E-state index >= 15 is 0 Å². The predicted octanol–water partition coefficient (Wildman–Crippen LogP) is -0.562. The van der Waals surface area contributed by atoms with Crippen molar-refractivity contribution in [3.05, 3.63) is 42.0 Å². The van der Waals surface area contributed by atoms with Gasteiger partial charge in [-0.2, -0.15) is 9.57 Å². The second-order valence-corrected chi connectivity index (χ2v) is 10.5. The quantitative estimate of drug-likeness (QED) is 0.417. The first-order chi connectivity index (χ1) is 16.2. The maximum atomic E-state index is 12.9. The van der Waals surface area contributed by atoms with Crippen LogP contribution >= 0.6 is 11.8 Å². The first kappa shape index (κ1) is 23.6. The summed E-state index contributed by atoms with van der Waals surface area (Å²) >= 11 is 0.970. The summed E-state index contributed by atoms with van der Waals surface area (Å²) in [4.78, 5) is 20.1. The molecule has 176 valence electrons. The van der Waals surface area contributed by atoms with Crippen molar-refractivity contribution < 1.29 is 23.3 Å². The van der Waals surface area contributed by atoms with E-state index in [-0.39, 0.29) is 40.9 Å². The number of nitrogens with two attached hydrogens (primary N) is 2. The van der Waals surface area contributed by atoms with Gasteiger partial charge in [0.15, 0.2) is 5.03 Å². The van der Waals surface area contributed by atoms with Crippen molar-refractivity contribution >= 4 is 56.0 Å². The summed E-state index contributed by atoms with van der Waals surface area (Å²) in [5.74, 6) is -0.950. The zero-order chi connectivity index (χ0) is 24.5. The number of fused-ring (bicyclic) bond motifs is 1. The molecule has 0 bridgehead atoms. The lowest BCUT2D eigenvalue weighted by Crippen LogP contribution is -2.49. The Morgan fingerprint density at radius 1 is 1.21 bits per heavy atom. The topological polar surface area (TPSA) is 184 Å². The van der Waals surface area contributed by atoms with Gasteiger partial charge in [0, 0.05) is 43.4 Å². The number of nitrogens with zero attached hydrogens (tertiary/aromatic N) is 4. The third-order valence-electron chi connectivity index (χ3n) is 5.42. The Labute approximate surface area is 200 Å². The molecule has 3 aromatic rings. The Kier molecular flexibility index (Phi) is 6.47. The second kappa shape index (κ2) is 9.34. The van der Waals surface area contributed by atoms with E-state index in [2.05, 4.69) is 16.0 Å². The highest BCUT2D eigenvalue weighted by Crippen LogP contribution is 2.34. The van der Waals surface area contributed by atoms with E-state index in [1.807, 2.05) is 4.90 Å². The molecule has 34 heavy (non-hydrogen) atoms. The largest absolute Gasteiger partial charge is 0.549 e. The number of nitrogen functional groups attached to an aromatic ring is 2. The van der Waals surface area contributed by atoms with E-state index < -0.39 is 16.0 Å². The molecule has 0 amide bonds. The van der Waals surface area contributed by atoms with Gasteiger partial charge in [-0.1, -0.05) is 30.0 Å². The number of benzene rings is 1. The second-order valence-electron chi connectivity index (χ2n) is 7.51. The van der Waals surface area contributed by atoms with E-state index in [9.17, 15) is 23.6 Å². The van der Waals surface area contributed by atoms with Gasteiger partial charge in [0.05, 0.1) is 10.9 Å². The molecule has 5 N–H and O–H groups in total. The van der Waals surface area contributed by atoms with Crippen molar-refractivity contribution in [1.82, 2.24) is 9.29 Å². The molecule has 1 fully saturated rings. The van der Waals surface area contributed by atoms with Crippen molar-refractivity contribution in [2.24, 2.45) is 0 Å². The number of hydrogen-bond acceptors (Lipinski definition) is 10. The fourth-order valence-electron chi connectivity index (χ4n) is 3.83. The van der Waals surface area contributed by atoms with E-state index in [0.717, 1.165) is 11.8 Å². The lowest BCUT2D eigenvalue weighted by molar-refractivity contribution is -0.408. The van der Waals surface area contributed by atoms with Gasteiger partial charge in [-0.15, -0.1) is 0 Å². The fraction of sp³-hybridized carbons (Fsp3) is 0.238. The van der Waals surface area contributed by atoms with Crippen molar-refractivity contribution in [3.8, 4) is 6.07 Å². The number of carboxylic acid groups (broad SMARTS) is 1. The molecule has 1 aliphatic rings. The van der Waals surface area contributed by atoms with Gasteiger partial charge < -0.3 is 20.5 Å².